The van der Waals surface area contributed by atoms with Gasteiger partial charge in [-0.05, 0) is 69.6 Å². The maximum Gasteiger partial charge on any atom is 0.416 e. The number of hydrogen-bond acceptors (Lipinski definition) is 5. The molecule has 0 aromatic heterocycles. The van der Waals surface area contributed by atoms with Gasteiger partial charge in [0.25, 0.3) is 0 Å². The molecule has 0 saturated carbocycles. The Morgan fingerprint density at radius 3 is 2.28 bits per heavy atom. The summed E-state index contributed by atoms with van der Waals surface area (Å²) < 4.78 is 38.7. The van der Waals surface area contributed by atoms with E-state index in [1.807, 2.05) is 30.3 Å². The number of halogens is 3. The number of hydrogen-bond donors (Lipinski definition) is 3. The second-order valence-corrected chi connectivity index (χ2v) is 8.67. The highest BCUT2D eigenvalue weighted by molar-refractivity contribution is 5.98. The van der Waals surface area contributed by atoms with Crippen molar-refractivity contribution in [3.8, 4) is 0 Å². The maximum absolute atomic E-state index is 12.9. The molecule has 0 spiro atoms. The molecule has 7 nitrogen and oxygen atoms in total. The van der Waals surface area contributed by atoms with Crippen LogP contribution in [0.4, 0.5) is 18.9 Å². The largest absolute Gasteiger partial charge is 0.416 e. The number of nitrogens with one attached hydrogen (secondary N) is 2. The third-order valence-corrected chi connectivity index (χ3v) is 5.67. The van der Waals surface area contributed by atoms with Crippen molar-refractivity contribution in [1.29, 1.82) is 0 Å². The average molecular weight is 507 g/mol. The zero-order valence-electron chi connectivity index (χ0n) is 20.3. The van der Waals surface area contributed by atoms with E-state index in [-0.39, 0.29) is 18.5 Å². The van der Waals surface area contributed by atoms with Crippen molar-refractivity contribution in [3.05, 3.63) is 65.7 Å². The Morgan fingerprint density at radius 1 is 1.06 bits per heavy atom. The molecule has 0 radical (unpaired) electrons. The molecule has 1 heterocycles. The summed E-state index contributed by atoms with van der Waals surface area (Å²) in [7, 11) is 2.17. The summed E-state index contributed by atoms with van der Waals surface area (Å²) in [6.07, 6.45) is -0.826. The van der Waals surface area contributed by atoms with Crippen LogP contribution in [0.1, 0.15) is 36.8 Å². The highest BCUT2D eigenvalue weighted by atomic mass is 19.4. The molecule has 196 valence electrons. The summed E-state index contributed by atoms with van der Waals surface area (Å²) in [5, 5.41) is 4.88. The van der Waals surface area contributed by atoms with E-state index in [0.717, 1.165) is 17.7 Å². The van der Waals surface area contributed by atoms with Gasteiger partial charge in [-0.1, -0.05) is 36.4 Å². The topological polar surface area (TPSA) is 105 Å². The molecule has 0 aliphatic carbocycles. The van der Waals surface area contributed by atoms with Gasteiger partial charge in [-0.3, -0.25) is 9.59 Å². The average Bonchev–Trinajstić information content (AvgIpc) is 3.33. The van der Waals surface area contributed by atoms with Gasteiger partial charge in [0.05, 0.1) is 11.6 Å². The van der Waals surface area contributed by atoms with Gasteiger partial charge in [0.1, 0.15) is 12.3 Å². The summed E-state index contributed by atoms with van der Waals surface area (Å²) in [5.74, 6) is -1.38. The van der Waals surface area contributed by atoms with E-state index in [4.69, 9.17) is 5.73 Å². The van der Waals surface area contributed by atoms with Gasteiger partial charge < -0.3 is 26.1 Å². The summed E-state index contributed by atoms with van der Waals surface area (Å²) in [6, 6.07) is 11.2. The molecule has 1 fully saturated rings. The lowest BCUT2D eigenvalue weighted by Gasteiger charge is -2.20. The van der Waals surface area contributed by atoms with E-state index in [1.165, 1.54) is 38.1 Å². The van der Waals surface area contributed by atoms with Gasteiger partial charge in [0, 0.05) is 12.1 Å². The number of likely N-dealkylation sites (tertiary alicyclic amines) is 1. The first-order chi connectivity index (χ1) is 17.1. The molecule has 1 saturated heterocycles. The second kappa shape index (κ2) is 14.4. The number of amides is 2. The van der Waals surface area contributed by atoms with Crippen LogP contribution < -0.4 is 16.4 Å². The molecular weight excluding hydrogens is 473 g/mol. The minimum atomic E-state index is -4.55. The number of benzene rings is 2. The molecular formula is C26H33F3N4O3. The van der Waals surface area contributed by atoms with Crippen LogP contribution in [0.3, 0.4) is 0 Å². The van der Waals surface area contributed by atoms with Gasteiger partial charge in [0.2, 0.25) is 11.8 Å². The minimum absolute atomic E-state index is 0.0500. The third-order valence-electron chi connectivity index (χ3n) is 5.67. The fourth-order valence-corrected chi connectivity index (χ4v) is 3.59. The van der Waals surface area contributed by atoms with Crippen molar-refractivity contribution in [2.24, 2.45) is 5.73 Å². The zero-order chi connectivity index (χ0) is 26.6. The van der Waals surface area contributed by atoms with Crippen molar-refractivity contribution in [1.82, 2.24) is 10.2 Å². The number of anilines is 1. The van der Waals surface area contributed by atoms with E-state index >= 15 is 0 Å². The van der Waals surface area contributed by atoms with Crippen molar-refractivity contribution in [2.45, 2.75) is 50.4 Å². The normalized spacial score (nSPS) is 15.2. The lowest BCUT2D eigenvalue weighted by molar-refractivity contribution is -0.137. The van der Waals surface area contributed by atoms with Gasteiger partial charge in [0.15, 0.2) is 0 Å². The molecule has 1 aliphatic rings. The Hall–Kier alpha value is -3.24. The van der Waals surface area contributed by atoms with E-state index in [0.29, 0.717) is 12.7 Å². The summed E-state index contributed by atoms with van der Waals surface area (Å²) in [4.78, 5) is 37.8. The first kappa shape index (κ1) is 29.0. The number of aldehydes is 1. The van der Waals surface area contributed by atoms with Gasteiger partial charge in [-0.15, -0.1) is 0 Å². The van der Waals surface area contributed by atoms with Crippen LogP contribution in [0.2, 0.25) is 0 Å². The number of carbonyl (C=O) groups is 3. The second-order valence-electron chi connectivity index (χ2n) is 8.67. The molecule has 3 rings (SSSR count). The summed E-state index contributed by atoms with van der Waals surface area (Å²) in [6.45, 7) is 2.64. The van der Waals surface area contributed by atoms with E-state index in [2.05, 4.69) is 22.6 Å². The third kappa shape index (κ3) is 10.2. The molecule has 2 atom stereocenters. The molecule has 2 aromatic carbocycles. The monoisotopic (exact) mass is 506 g/mol. The zero-order valence-corrected chi connectivity index (χ0v) is 20.3. The van der Waals surface area contributed by atoms with Gasteiger partial charge >= 0.3 is 6.18 Å². The van der Waals surface area contributed by atoms with Gasteiger partial charge in [-0.25, -0.2) is 0 Å². The molecule has 4 N–H and O–H groups in total. The first-order valence-corrected chi connectivity index (χ1v) is 11.8. The Morgan fingerprint density at radius 2 is 1.72 bits per heavy atom. The predicted octanol–water partition coefficient (Wildman–Crippen LogP) is 3.39. The van der Waals surface area contributed by atoms with E-state index in [9.17, 15) is 27.6 Å². The number of aryl methyl sites for hydroxylation is 1. The number of nitrogens with zero attached hydrogens (tertiary/aromatic N) is 1. The van der Waals surface area contributed by atoms with Crippen LogP contribution in [-0.4, -0.2) is 55.2 Å². The molecule has 2 unspecified atom stereocenters. The van der Waals surface area contributed by atoms with Crippen molar-refractivity contribution >= 4 is 23.8 Å². The van der Waals surface area contributed by atoms with Crippen LogP contribution in [0, 0.1) is 0 Å². The standard InChI is InChI=1S/C21H22F3N3O3.C5H11N/c22-21(23,24)15-7-4-8-16(13-15)26-20(30)18(27-19(29)17(25)11-12-28)10-9-14-5-2-1-3-6-14;1-6-4-2-3-5-6/h1-8,12-13,17-18H,9-11,25H2,(H,26,30)(H,27,29);2-5H2,1H3. The summed E-state index contributed by atoms with van der Waals surface area (Å²) >= 11 is 0. The molecule has 10 heteroatoms. The molecule has 36 heavy (non-hydrogen) atoms. The van der Waals surface area contributed by atoms with Crippen LogP contribution in [0.5, 0.6) is 0 Å². The fraction of sp³-hybridized carbons (Fsp3) is 0.423. The quantitative estimate of drug-likeness (QED) is 0.453. The number of alkyl halides is 3. The fourth-order valence-electron chi connectivity index (χ4n) is 3.59. The first-order valence-electron chi connectivity index (χ1n) is 11.8. The van der Waals surface area contributed by atoms with Crippen molar-refractivity contribution in [3.63, 3.8) is 0 Å². The maximum atomic E-state index is 12.9. The van der Waals surface area contributed by atoms with Gasteiger partial charge in [-0.2, -0.15) is 13.2 Å². The SMILES string of the molecule is CN1CCCC1.NC(CC=O)C(=O)NC(CCc1ccccc1)C(=O)Nc1cccc(C(F)(F)F)c1. The molecule has 1 aliphatic heterocycles. The smallest absolute Gasteiger partial charge is 0.343 e. The predicted molar refractivity (Wildman–Crippen MR) is 132 cm³/mol. The van der Waals surface area contributed by atoms with E-state index < -0.39 is 35.6 Å². The Balaban J connectivity index is 0.000000662. The van der Waals surface area contributed by atoms with Crippen LogP contribution in [-0.2, 0) is 27.0 Å². The number of rotatable bonds is 9. The minimum Gasteiger partial charge on any atom is -0.343 e. The lowest BCUT2D eigenvalue weighted by Crippen LogP contribution is -2.50. The highest BCUT2D eigenvalue weighted by Crippen LogP contribution is 2.30. The molecule has 2 amide bonds. The lowest BCUT2D eigenvalue weighted by atomic mass is 10.0. The van der Waals surface area contributed by atoms with Crippen LogP contribution in [0.25, 0.3) is 0 Å². The van der Waals surface area contributed by atoms with Crippen molar-refractivity contribution < 1.29 is 27.6 Å². The van der Waals surface area contributed by atoms with Crippen LogP contribution >= 0.6 is 0 Å². The van der Waals surface area contributed by atoms with E-state index in [1.54, 1.807) is 0 Å². The van der Waals surface area contributed by atoms with Crippen molar-refractivity contribution in [2.75, 3.05) is 25.5 Å². The number of nitrogens with two attached hydrogens (primary N) is 1. The van der Waals surface area contributed by atoms with Crippen LogP contribution in [0.15, 0.2) is 54.6 Å². The Labute approximate surface area is 209 Å². The Bertz CT molecular complexity index is 980. The summed E-state index contributed by atoms with van der Waals surface area (Å²) in [5.41, 5.74) is 5.57. The number of carbonyl (C=O) groups excluding carboxylic acids is 3. The Kier molecular flexibility index (Phi) is 11.6. The molecule has 2 aromatic rings. The highest BCUT2D eigenvalue weighted by Gasteiger charge is 2.31. The molecule has 0 bridgehead atoms.